The summed E-state index contributed by atoms with van der Waals surface area (Å²) in [4.78, 5) is 19.4. The minimum absolute atomic E-state index is 0.0542. The third-order valence-corrected chi connectivity index (χ3v) is 5.38. The Hall–Kier alpha value is -2.86. The average molecular weight is 422 g/mol. The van der Waals surface area contributed by atoms with Crippen molar-refractivity contribution in [2.45, 2.75) is 39.8 Å². The van der Waals surface area contributed by atoms with E-state index in [-0.39, 0.29) is 5.91 Å². The summed E-state index contributed by atoms with van der Waals surface area (Å²) >= 11 is 0. The van der Waals surface area contributed by atoms with E-state index in [0.29, 0.717) is 25.2 Å². The highest BCUT2D eigenvalue weighted by Crippen LogP contribution is 2.13. The Balaban J connectivity index is 1.43. The summed E-state index contributed by atoms with van der Waals surface area (Å²) in [5, 5.41) is 9.49. The molecule has 166 valence electrons. The van der Waals surface area contributed by atoms with E-state index in [4.69, 9.17) is 0 Å². The zero-order chi connectivity index (χ0) is 21.9. The van der Waals surface area contributed by atoms with Crippen molar-refractivity contribution in [2.24, 2.45) is 4.99 Å². The number of amides is 1. The third kappa shape index (κ3) is 7.72. The van der Waals surface area contributed by atoms with Crippen molar-refractivity contribution >= 4 is 11.9 Å². The fourth-order valence-electron chi connectivity index (χ4n) is 3.71. The molecule has 3 N–H and O–H groups in total. The van der Waals surface area contributed by atoms with Crippen LogP contribution in [0.25, 0.3) is 0 Å². The number of nitrogens with one attached hydrogen (secondary N) is 3. The van der Waals surface area contributed by atoms with Crippen LogP contribution in [-0.4, -0.2) is 49.5 Å². The van der Waals surface area contributed by atoms with E-state index in [1.165, 1.54) is 37.1 Å². The predicted octanol–water partition coefficient (Wildman–Crippen LogP) is 3.08. The first-order chi connectivity index (χ1) is 15.1. The number of carbonyl (C=O) groups excluding carboxylic acids is 1. The molecule has 3 rings (SSSR count). The highest BCUT2D eigenvalue weighted by atomic mass is 16.1. The molecule has 1 aliphatic rings. The molecule has 0 atom stereocenters. The van der Waals surface area contributed by atoms with Gasteiger partial charge in [-0.1, -0.05) is 42.0 Å². The maximum Gasteiger partial charge on any atom is 0.251 e. The molecule has 1 heterocycles. The summed E-state index contributed by atoms with van der Waals surface area (Å²) in [6.45, 7) is 10.1. The van der Waals surface area contributed by atoms with Crippen molar-refractivity contribution in [1.29, 1.82) is 0 Å². The molecule has 6 nitrogen and oxygen atoms in total. The molecular weight excluding hydrogens is 386 g/mol. The zero-order valence-electron chi connectivity index (χ0n) is 18.8. The summed E-state index contributed by atoms with van der Waals surface area (Å²) in [6, 6.07) is 16.4. The number of aliphatic imine (C=N–C) groups is 1. The summed E-state index contributed by atoms with van der Waals surface area (Å²) < 4.78 is 0. The SMILES string of the molecule is CCNC(=NCc1ccc(CN2CCCC2)cc1)NCCNC(=O)c1cccc(C)c1. The van der Waals surface area contributed by atoms with E-state index in [1.807, 2.05) is 38.1 Å². The number of nitrogens with zero attached hydrogens (tertiary/aromatic N) is 2. The minimum atomic E-state index is -0.0542. The van der Waals surface area contributed by atoms with Gasteiger partial charge in [-0.05, 0) is 63.0 Å². The minimum Gasteiger partial charge on any atom is -0.357 e. The molecule has 0 radical (unpaired) electrons. The van der Waals surface area contributed by atoms with E-state index < -0.39 is 0 Å². The second-order valence-electron chi connectivity index (χ2n) is 8.05. The average Bonchev–Trinajstić information content (AvgIpc) is 3.29. The van der Waals surface area contributed by atoms with E-state index >= 15 is 0 Å². The number of hydrogen-bond donors (Lipinski definition) is 3. The molecule has 1 amide bonds. The Labute approximate surface area is 186 Å². The lowest BCUT2D eigenvalue weighted by Crippen LogP contribution is -2.41. The molecule has 2 aromatic carbocycles. The van der Waals surface area contributed by atoms with Gasteiger partial charge in [-0.3, -0.25) is 9.69 Å². The Morgan fingerprint density at radius 2 is 1.68 bits per heavy atom. The highest BCUT2D eigenvalue weighted by molar-refractivity contribution is 5.94. The van der Waals surface area contributed by atoms with Crippen LogP contribution in [-0.2, 0) is 13.1 Å². The van der Waals surface area contributed by atoms with Crippen molar-refractivity contribution in [1.82, 2.24) is 20.9 Å². The van der Waals surface area contributed by atoms with Crippen LogP contribution in [0.15, 0.2) is 53.5 Å². The molecule has 6 heteroatoms. The lowest BCUT2D eigenvalue weighted by Gasteiger charge is -2.14. The Bertz CT molecular complexity index is 856. The van der Waals surface area contributed by atoms with Gasteiger partial charge < -0.3 is 16.0 Å². The number of rotatable bonds is 9. The van der Waals surface area contributed by atoms with E-state index in [0.717, 1.165) is 24.6 Å². The Morgan fingerprint density at radius 1 is 0.968 bits per heavy atom. The van der Waals surface area contributed by atoms with Gasteiger partial charge in [0.1, 0.15) is 0 Å². The van der Waals surface area contributed by atoms with E-state index in [1.54, 1.807) is 0 Å². The molecule has 1 fully saturated rings. The van der Waals surface area contributed by atoms with Crippen molar-refractivity contribution in [3.63, 3.8) is 0 Å². The van der Waals surface area contributed by atoms with Crippen LogP contribution in [0.5, 0.6) is 0 Å². The fraction of sp³-hybridized carbons (Fsp3) is 0.440. The molecule has 0 unspecified atom stereocenters. The third-order valence-electron chi connectivity index (χ3n) is 5.38. The van der Waals surface area contributed by atoms with Crippen LogP contribution in [0.2, 0.25) is 0 Å². The number of aryl methyl sites for hydroxylation is 1. The van der Waals surface area contributed by atoms with Crippen LogP contribution in [0.1, 0.15) is 46.8 Å². The van der Waals surface area contributed by atoms with Crippen molar-refractivity contribution in [3.8, 4) is 0 Å². The van der Waals surface area contributed by atoms with Crippen LogP contribution < -0.4 is 16.0 Å². The molecular formula is C25H35N5O. The van der Waals surface area contributed by atoms with Gasteiger partial charge in [0.2, 0.25) is 0 Å². The molecule has 0 aromatic heterocycles. The number of likely N-dealkylation sites (tertiary alicyclic amines) is 1. The summed E-state index contributed by atoms with van der Waals surface area (Å²) in [6.07, 6.45) is 2.64. The van der Waals surface area contributed by atoms with Gasteiger partial charge in [-0.25, -0.2) is 4.99 Å². The first-order valence-corrected chi connectivity index (χ1v) is 11.3. The van der Waals surface area contributed by atoms with E-state index in [2.05, 4.69) is 50.1 Å². The van der Waals surface area contributed by atoms with Gasteiger partial charge in [0.15, 0.2) is 5.96 Å². The zero-order valence-corrected chi connectivity index (χ0v) is 18.8. The van der Waals surface area contributed by atoms with Crippen molar-refractivity contribution in [2.75, 3.05) is 32.7 Å². The van der Waals surface area contributed by atoms with Crippen LogP contribution in [0.3, 0.4) is 0 Å². The smallest absolute Gasteiger partial charge is 0.251 e. The lowest BCUT2D eigenvalue weighted by atomic mass is 10.1. The van der Waals surface area contributed by atoms with Gasteiger partial charge >= 0.3 is 0 Å². The molecule has 1 aliphatic heterocycles. The number of guanidine groups is 1. The Kier molecular flexibility index (Phi) is 8.91. The second kappa shape index (κ2) is 12.1. The quantitative estimate of drug-likeness (QED) is 0.331. The van der Waals surface area contributed by atoms with Gasteiger partial charge in [-0.15, -0.1) is 0 Å². The second-order valence-corrected chi connectivity index (χ2v) is 8.05. The maximum atomic E-state index is 12.2. The van der Waals surface area contributed by atoms with Crippen molar-refractivity contribution < 1.29 is 4.79 Å². The summed E-state index contributed by atoms with van der Waals surface area (Å²) in [7, 11) is 0. The number of benzene rings is 2. The molecule has 0 saturated carbocycles. The van der Waals surface area contributed by atoms with E-state index in [9.17, 15) is 4.79 Å². The van der Waals surface area contributed by atoms with Crippen LogP contribution in [0.4, 0.5) is 0 Å². The van der Waals surface area contributed by atoms with Gasteiger partial charge in [0.05, 0.1) is 6.54 Å². The first kappa shape index (κ1) is 22.8. The summed E-state index contributed by atoms with van der Waals surface area (Å²) in [5.41, 5.74) is 4.32. The fourth-order valence-corrected chi connectivity index (χ4v) is 3.71. The predicted molar refractivity (Wildman–Crippen MR) is 127 cm³/mol. The standard InChI is InChI=1S/C25H35N5O/c1-3-26-25(28-14-13-27-24(31)23-8-6-7-20(2)17-23)29-18-21-9-11-22(12-10-21)19-30-15-4-5-16-30/h6-12,17H,3-5,13-16,18-19H2,1-2H3,(H,27,31)(H2,26,28,29). The number of hydrogen-bond acceptors (Lipinski definition) is 3. The molecule has 1 saturated heterocycles. The lowest BCUT2D eigenvalue weighted by molar-refractivity contribution is 0.0954. The van der Waals surface area contributed by atoms with Crippen molar-refractivity contribution in [3.05, 3.63) is 70.8 Å². The van der Waals surface area contributed by atoms with Crippen LogP contribution >= 0.6 is 0 Å². The van der Waals surface area contributed by atoms with Gasteiger partial charge in [0.25, 0.3) is 5.91 Å². The molecule has 2 aromatic rings. The molecule has 0 aliphatic carbocycles. The van der Waals surface area contributed by atoms with Crippen LogP contribution in [0, 0.1) is 6.92 Å². The first-order valence-electron chi connectivity index (χ1n) is 11.3. The highest BCUT2D eigenvalue weighted by Gasteiger charge is 2.11. The number of carbonyl (C=O) groups is 1. The summed E-state index contributed by atoms with van der Waals surface area (Å²) in [5.74, 6) is 0.704. The Morgan fingerprint density at radius 3 is 2.39 bits per heavy atom. The molecule has 0 bridgehead atoms. The molecule has 31 heavy (non-hydrogen) atoms. The monoisotopic (exact) mass is 421 g/mol. The van der Waals surface area contributed by atoms with Gasteiger partial charge in [0, 0.05) is 31.7 Å². The molecule has 0 spiro atoms. The topological polar surface area (TPSA) is 68.8 Å². The maximum absolute atomic E-state index is 12.2. The normalized spacial score (nSPS) is 14.5. The largest absolute Gasteiger partial charge is 0.357 e. The van der Waals surface area contributed by atoms with Gasteiger partial charge in [-0.2, -0.15) is 0 Å².